The zero-order chi connectivity index (χ0) is 14.8. The molecule has 0 saturated carbocycles. The minimum atomic E-state index is 0.383. The Kier molecular flexibility index (Phi) is 4.87. The second-order valence-corrected chi connectivity index (χ2v) is 6.60. The van der Waals surface area contributed by atoms with E-state index in [9.17, 15) is 0 Å². The Bertz CT molecular complexity index is 428. The monoisotopic (exact) mass is 274 g/mol. The number of rotatable bonds is 5. The van der Waals surface area contributed by atoms with Gasteiger partial charge in [0.25, 0.3) is 0 Å². The molecule has 20 heavy (non-hydrogen) atoms. The number of nitrogens with two attached hydrogens (primary N) is 1. The van der Waals surface area contributed by atoms with Crippen molar-refractivity contribution in [1.29, 1.82) is 0 Å². The summed E-state index contributed by atoms with van der Waals surface area (Å²) in [6, 6.07) is 7.24. The Labute approximate surface area is 124 Å². The highest BCUT2D eigenvalue weighted by Gasteiger charge is 2.37. The van der Waals surface area contributed by atoms with E-state index in [0.29, 0.717) is 18.0 Å². The van der Waals surface area contributed by atoms with E-state index in [1.54, 1.807) is 0 Å². The number of likely N-dealkylation sites (tertiary alicyclic amines) is 1. The van der Waals surface area contributed by atoms with E-state index >= 15 is 0 Å². The maximum absolute atomic E-state index is 6.11. The molecule has 1 aliphatic rings. The molecule has 0 bridgehead atoms. The van der Waals surface area contributed by atoms with Crippen molar-refractivity contribution in [3.05, 3.63) is 34.9 Å². The van der Waals surface area contributed by atoms with Gasteiger partial charge in [0, 0.05) is 19.1 Å². The summed E-state index contributed by atoms with van der Waals surface area (Å²) in [5.74, 6) is 0. The fourth-order valence-corrected chi connectivity index (χ4v) is 3.76. The molecular formula is C18H30N2. The highest BCUT2D eigenvalue weighted by molar-refractivity contribution is 5.31. The van der Waals surface area contributed by atoms with Crippen LogP contribution in [0.5, 0.6) is 0 Å². The first kappa shape index (κ1) is 15.5. The van der Waals surface area contributed by atoms with Crippen LogP contribution in [-0.4, -0.2) is 24.5 Å². The van der Waals surface area contributed by atoms with Gasteiger partial charge in [-0.1, -0.05) is 43.2 Å². The number of aryl methyl sites for hydroxylation is 2. The average molecular weight is 274 g/mol. The quantitative estimate of drug-likeness (QED) is 0.884. The smallest absolute Gasteiger partial charge is 0.0470 e. The molecule has 2 N–H and O–H groups in total. The van der Waals surface area contributed by atoms with Gasteiger partial charge in [0.1, 0.15) is 0 Å². The third kappa shape index (κ3) is 3.07. The Hall–Kier alpha value is -0.860. The molecule has 1 saturated heterocycles. The van der Waals surface area contributed by atoms with Gasteiger partial charge in [-0.3, -0.25) is 4.90 Å². The molecule has 1 aliphatic heterocycles. The van der Waals surface area contributed by atoms with Crippen molar-refractivity contribution in [3.8, 4) is 0 Å². The Balaban J connectivity index is 2.21. The molecule has 2 nitrogen and oxygen atoms in total. The van der Waals surface area contributed by atoms with Crippen molar-refractivity contribution in [2.75, 3.05) is 19.6 Å². The second-order valence-electron chi connectivity index (χ2n) is 6.60. The van der Waals surface area contributed by atoms with Crippen LogP contribution in [0.4, 0.5) is 0 Å². The molecule has 0 amide bonds. The van der Waals surface area contributed by atoms with Gasteiger partial charge in [-0.2, -0.15) is 0 Å². The summed E-state index contributed by atoms with van der Waals surface area (Å²) in [5, 5.41) is 0. The van der Waals surface area contributed by atoms with Crippen LogP contribution in [0.15, 0.2) is 18.2 Å². The van der Waals surface area contributed by atoms with Crippen LogP contribution < -0.4 is 5.73 Å². The molecule has 0 radical (unpaired) electrons. The van der Waals surface area contributed by atoms with Gasteiger partial charge in [0.05, 0.1) is 0 Å². The summed E-state index contributed by atoms with van der Waals surface area (Å²) >= 11 is 0. The predicted molar refractivity (Wildman–Crippen MR) is 86.9 cm³/mol. The summed E-state index contributed by atoms with van der Waals surface area (Å²) in [5.41, 5.74) is 10.7. The lowest BCUT2D eigenvalue weighted by Crippen LogP contribution is -2.34. The SMILES string of the molecule is CCC1(CC)CCN(C(CN)c2cc(C)cc(C)c2)C1. The van der Waals surface area contributed by atoms with Crippen LogP contribution in [-0.2, 0) is 0 Å². The minimum Gasteiger partial charge on any atom is -0.329 e. The van der Waals surface area contributed by atoms with Crippen molar-refractivity contribution in [2.24, 2.45) is 11.1 Å². The average Bonchev–Trinajstić information content (AvgIpc) is 2.83. The van der Waals surface area contributed by atoms with Gasteiger partial charge in [-0.25, -0.2) is 0 Å². The van der Waals surface area contributed by atoms with Gasteiger partial charge in [-0.05, 0) is 50.6 Å². The number of nitrogens with zero attached hydrogens (tertiary/aromatic N) is 1. The number of benzene rings is 1. The molecular weight excluding hydrogens is 244 g/mol. The Morgan fingerprint density at radius 3 is 2.20 bits per heavy atom. The molecule has 0 spiro atoms. The van der Waals surface area contributed by atoms with E-state index in [-0.39, 0.29) is 0 Å². The molecule has 1 heterocycles. The third-order valence-electron chi connectivity index (χ3n) is 5.26. The zero-order valence-electron chi connectivity index (χ0n) is 13.6. The van der Waals surface area contributed by atoms with Gasteiger partial charge in [-0.15, -0.1) is 0 Å². The van der Waals surface area contributed by atoms with Crippen molar-refractivity contribution in [1.82, 2.24) is 4.90 Å². The molecule has 1 unspecified atom stereocenters. The molecule has 2 heteroatoms. The van der Waals surface area contributed by atoms with E-state index < -0.39 is 0 Å². The fourth-order valence-electron chi connectivity index (χ4n) is 3.76. The fraction of sp³-hybridized carbons (Fsp3) is 0.667. The molecule has 1 aromatic carbocycles. The van der Waals surface area contributed by atoms with Crippen molar-refractivity contribution in [3.63, 3.8) is 0 Å². The van der Waals surface area contributed by atoms with Crippen LogP contribution >= 0.6 is 0 Å². The first-order valence-corrected chi connectivity index (χ1v) is 8.06. The van der Waals surface area contributed by atoms with Gasteiger partial charge >= 0.3 is 0 Å². The van der Waals surface area contributed by atoms with E-state index in [1.807, 2.05) is 0 Å². The van der Waals surface area contributed by atoms with E-state index in [2.05, 4.69) is 50.8 Å². The van der Waals surface area contributed by atoms with Crippen LogP contribution in [0.1, 0.15) is 55.8 Å². The normalized spacial score (nSPS) is 20.2. The molecule has 1 aromatic rings. The summed E-state index contributed by atoms with van der Waals surface area (Å²) in [7, 11) is 0. The first-order chi connectivity index (χ1) is 9.53. The number of hydrogen-bond donors (Lipinski definition) is 1. The van der Waals surface area contributed by atoms with Crippen molar-refractivity contribution >= 4 is 0 Å². The maximum Gasteiger partial charge on any atom is 0.0470 e. The van der Waals surface area contributed by atoms with E-state index in [1.165, 1.54) is 49.0 Å². The van der Waals surface area contributed by atoms with Crippen LogP contribution in [0.25, 0.3) is 0 Å². The Morgan fingerprint density at radius 2 is 1.75 bits per heavy atom. The lowest BCUT2D eigenvalue weighted by molar-refractivity contribution is 0.197. The van der Waals surface area contributed by atoms with Crippen molar-refractivity contribution < 1.29 is 0 Å². The molecule has 0 aromatic heterocycles. The summed E-state index contributed by atoms with van der Waals surface area (Å²) < 4.78 is 0. The topological polar surface area (TPSA) is 29.3 Å². The molecule has 0 aliphatic carbocycles. The second kappa shape index (κ2) is 6.28. The Morgan fingerprint density at radius 1 is 1.15 bits per heavy atom. The predicted octanol–water partition coefficient (Wildman–Crippen LogP) is 3.82. The molecule has 2 rings (SSSR count). The minimum absolute atomic E-state index is 0.383. The van der Waals surface area contributed by atoms with Gasteiger partial charge in [0.15, 0.2) is 0 Å². The molecule has 1 atom stereocenters. The maximum atomic E-state index is 6.11. The number of hydrogen-bond acceptors (Lipinski definition) is 2. The lowest BCUT2D eigenvalue weighted by atomic mass is 9.82. The highest BCUT2D eigenvalue weighted by Crippen LogP contribution is 2.40. The third-order valence-corrected chi connectivity index (χ3v) is 5.26. The van der Waals surface area contributed by atoms with Crippen LogP contribution in [0.2, 0.25) is 0 Å². The van der Waals surface area contributed by atoms with Gasteiger partial charge in [0.2, 0.25) is 0 Å². The zero-order valence-corrected chi connectivity index (χ0v) is 13.6. The largest absolute Gasteiger partial charge is 0.329 e. The summed E-state index contributed by atoms with van der Waals surface area (Å²) in [6.45, 7) is 12.1. The molecule has 1 fully saturated rings. The standard InChI is InChI=1S/C18H30N2/c1-5-18(6-2)7-8-20(13-18)17(12-19)16-10-14(3)9-15(4)11-16/h9-11,17H,5-8,12-13,19H2,1-4H3. The lowest BCUT2D eigenvalue weighted by Gasteiger charge is -2.31. The summed E-state index contributed by atoms with van der Waals surface area (Å²) in [6.07, 6.45) is 3.88. The van der Waals surface area contributed by atoms with E-state index in [4.69, 9.17) is 5.73 Å². The highest BCUT2D eigenvalue weighted by atomic mass is 15.2. The van der Waals surface area contributed by atoms with Crippen LogP contribution in [0, 0.1) is 19.3 Å². The summed E-state index contributed by atoms with van der Waals surface area (Å²) in [4.78, 5) is 2.61. The molecule has 112 valence electrons. The van der Waals surface area contributed by atoms with Crippen LogP contribution in [0.3, 0.4) is 0 Å². The van der Waals surface area contributed by atoms with Gasteiger partial charge < -0.3 is 5.73 Å². The van der Waals surface area contributed by atoms with Crippen molar-refractivity contribution in [2.45, 2.75) is 53.0 Å². The first-order valence-electron chi connectivity index (χ1n) is 8.06. The van der Waals surface area contributed by atoms with E-state index in [0.717, 1.165) is 0 Å².